The van der Waals surface area contributed by atoms with Crippen LogP contribution in [0.2, 0.25) is 5.02 Å². The van der Waals surface area contributed by atoms with E-state index in [9.17, 15) is 14.0 Å². The van der Waals surface area contributed by atoms with Gasteiger partial charge < -0.3 is 20.1 Å². The number of carbonyl (C=O) groups is 2. The van der Waals surface area contributed by atoms with Crippen LogP contribution in [0.3, 0.4) is 0 Å². The van der Waals surface area contributed by atoms with Crippen LogP contribution in [0.5, 0.6) is 11.5 Å². The molecule has 0 spiro atoms. The van der Waals surface area contributed by atoms with Gasteiger partial charge in [0, 0.05) is 23.3 Å². The quantitative estimate of drug-likeness (QED) is 0.719. The van der Waals surface area contributed by atoms with Gasteiger partial charge in [-0.15, -0.1) is 0 Å². The average molecular weight is 420 g/mol. The van der Waals surface area contributed by atoms with E-state index in [2.05, 4.69) is 15.6 Å². The van der Waals surface area contributed by atoms with Crippen LogP contribution in [-0.4, -0.2) is 41.6 Å². The summed E-state index contributed by atoms with van der Waals surface area (Å²) in [6.07, 6.45) is 4.99. The number of hydrogen-bond donors (Lipinski definition) is 2. The second-order valence-corrected chi connectivity index (χ2v) is 7.98. The monoisotopic (exact) mass is 419 g/mol. The molecule has 0 saturated heterocycles. The number of carbonyl (C=O) groups excluding carboxylic acids is 2. The molecule has 0 radical (unpaired) electrons. The molecule has 3 aliphatic rings. The summed E-state index contributed by atoms with van der Waals surface area (Å²) in [6, 6.07) is 5.63. The Morgan fingerprint density at radius 3 is 2.55 bits per heavy atom. The molecular formula is C20H19ClFN3O4. The fourth-order valence-corrected chi connectivity index (χ4v) is 4.19. The first kappa shape index (κ1) is 19.4. The van der Waals surface area contributed by atoms with Crippen molar-refractivity contribution in [3.05, 3.63) is 53.1 Å². The first-order valence-electron chi connectivity index (χ1n) is 9.03. The van der Waals surface area contributed by atoms with Crippen LogP contribution < -0.4 is 20.1 Å². The molecule has 0 aliphatic heterocycles. The maximum atomic E-state index is 13.4. The van der Waals surface area contributed by atoms with Crippen molar-refractivity contribution in [1.29, 1.82) is 0 Å². The van der Waals surface area contributed by atoms with Crippen molar-refractivity contribution < 1.29 is 23.5 Å². The lowest BCUT2D eigenvalue weighted by Gasteiger charge is -2.70. The second-order valence-electron chi connectivity index (χ2n) is 7.57. The second kappa shape index (κ2) is 7.18. The van der Waals surface area contributed by atoms with Crippen LogP contribution in [-0.2, 0) is 4.79 Å². The SMILES string of the molecule is COc1cncc(C(=O)NC23CC(NC(=O)COc4ccc(Cl)c(F)c4)(C2)C3)c1. The standard InChI is InChI=1S/C20H19ClFN3O4/c1-28-14-4-12(6-23-7-14)18(27)25-20-9-19(10-20,11-20)24-17(26)8-29-13-2-3-15(21)16(22)5-13/h2-7H,8-11H2,1H3,(H,24,26)(H,25,27). The predicted molar refractivity (Wildman–Crippen MR) is 103 cm³/mol. The minimum Gasteiger partial charge on any atom is -0.495 e. The molecule has 2 aromatic rings. The van der Waals surface area contributed by atoms with Gasteiger partial charge in [-0.25, -0.2) is 4.39 Å². The summed E-state index contributed by atoms with van der Waals surface area (Å²) in [5.41, 5.74) is -0.185. The van der Waals surface area contributed by atoms with Crippen LogP contribution in [0.1, 0.15) is 29.6 Å². The lowest BCUT2D eigenvalue weighted by molar-refractivity contribution is -0.141. The first-order chi connectivity index (χ1) is 13.8. The normalized spacial score (nSPS) is 24.0. The molecule has 0 atom stereocenters. The fraction of sp³-hybridized carbons (Fsp3) is 0.350. The highest BCUT2D eigenvalue weighted by Gasteiger charge is 2.69. The number of amides is 2. The number of halogens is 2. The van der Waals surface area contributed by atoms with Gasteiger partial charge in [-0.3, -0.25) is 14.6 Å². The smallest absolute Gasteiger partial charge is 0.258 e. The molecule has 2 amide bonds. The summed E-state index contributed by atoms with van der Waals surface area (Å²) in [7, 11) is 1.51. The van der Waals surface area contributed by atoms with Crippen molar-refractivity contribution in [2.24, 2.45) is 0 Å². The zero-order valence-corrected chi connectivity index (χ0v) is 16.4. The van der Waals surface area contributed by atoms with Gasteiger partial charge in [0.15, 0.2) is 6.61 Å². The maximum Gasteiger partial charge on any atom is 0.258 e. The third-order valence-corrected chi connectivity index (χ3v) is 5.59. The van der Waals surface area contributed by atoms with Gasteiger partial charge in [-0.1, -0.05) is 11.6 Å². The Hall–Kier alpha value is -2.87. The van der Waals surface area contributed by atoms with E-state index in [0.29, 0.717) is 30.6 Å². The van der Waals surface area contributed by atoms with Crippen molar-refractivity contribution >= 4 is 23.4 Å². The van der Waals surface area contributed by atoms with Gasteiger partial charge in [0.2, 0.25) is 0 Å². The molecule has 1 aromatic heterocycles. The third-order valence-electron chi connectivity index (χ3n) is 5.29. The van der Waals surface area contributed by atoms with Crippen molar-refractivity contribution in [1.82, 2.24) is 15.6 Å². The highest BCUT2D eigenvalue weighted by Crippen LogP contribution is 2.60. The number of nitrogens with one attached hydrogen (secondary N) is 2. The molecule has 3 aliphatic carbocycles. The van der Waals surface area contributed by atoms with E-state index in [-0.39, 0.29) is 40.3 Å². The molecule has 1 aromatic carbocycles. The minimum atomic E-state index is -0.604. The van der Waals surface area contributed by atoms with Crippen molar-refractivity contribution in [3.63, 3.8) is 0 Å². The van der Waals surface area contributed by atoms with Gasteiger partial charge >= 0.3 is 0 Å². The topological polar surface area (TPSA) is 89.5 Å². The number of aromatic nitrogens is 1. The number of methoxy groups -OCH3 is 1. The Labute approximate surface area is 171 Å². The zero-order valence-electron chi connectivity index (χ0n) is 15.6. The summed E-state index contributed by atoms with van der Waals surface area (Å²) in [5.74, 6) is -0.371. The summed E-state index contributed by atoms with van der Waals surface area (Å²) in [4.78, 5) is 28.6. The number of ether oxygens (including phenoxy) is 2. The number of hydrogen-bond acceptors (Lipinski definition) is 5. The highest BCUT2D eigenvalue weighted by atomic mass is 35.5. The summed E-state index contributed by atoms with van der Waals surface area (Å²) < 4.78 is 23.8. The zero-order chi connectivity index (χ0) is 20.6. The summed E-state index contributed by atoms with van der Waals surface area (Å²) in [5, 5.41) is 5.96. The van der Waals surface area contributed by atoms with Crippen LogP contribution in [0.15, 0.2) is 36.7 Å². The van der Waals surface area contributed by atoms with E-state index in [4.69, 9.17) is 21.1 Å². The Balaban J connectivity index is 1.24. The van der Waals surface area contributed by atoms with E-state index in [1.807, 2.05) is 0 Å². The average Bonchev–Trinajstić information content (AvgIpc) is 2.66. The Bertz CT molecular complexity index is 964. The number of nitrogens with zero attached hydrogens (tertiary/aromatic N) is 1. The molecule has 2 N–H and O–H groups in total. The summed E-state index contributed by atoms with van der Waals surface area (Å²) >= 11 is 5.62. The highest BCUT2D eigenvalue weighted by molar-refractivity contribution is 6.30. The Morgan fingerprint density at radius 2 is 1.86 bits per heavy atom. The number of benzene rings is 1. The van der Waals surface area contributed by atoms with Crippen molar-refractivity contribution in [2.75, 3.05) is 13.7 Å². The van der Waals surface area contributed by atoms with Crippen molar-refractivity contribution in [3.8, 4) is 11.5 Å². The minimum absolute atomic E-state index is 0.00672. The lowest BCUT2D eigenvalue weighted by Crippen LogP contribution is -2.84. The lowest BCUT2D eigenvalue weighted by atomic mass is 9.44. The maximum absolute atomic E-state index is 13.4. The molecule has 1 heterocycles. The Morgan fingerprint density at radius 1 is 1.14 bits per heavy atom. The van der Waals surface area contributed by atoms with Crippen LogP contribution in [0.25, 0.3) is 0 Å². The third kappa shape index (κ3) is 3.85. The molecule has 0 unspecified atom stereocenters. The van der Waals surface area contributed by atoms with Gasteiger partial charge in [0.05, 0.1) is 23.9 Å². The largest absolute Gasteiger partial charge is 0.495 e. The molecule has 3 fully saturated rings. The first-order valence-corrected chi connectivity index (χ1v) is 9.40. The molecule has 152 valence electrons. The van der Waals surface area contributed by atoms with Gasteiger partial charge in [-0.2, -0.15) is 0 Å². The molecule has 29 heavy (non-hydrogen) atoms. The van der Waals surface area contributed by atoms with Crippen LogP contribution >= 0.6 is 11.6 Å². The Kier molecular flexibility index (Phi) is 4.82. The molecule has 7 nitrogen and oxygen atoms in total. The van der Waals surface area contributed by atoms with E-state index in [0.717, 1.165) is 6.07 Å². The number of rotatable bonds is 7. The predicted octanol–water partition coefficient (Wildman–Crippen LogP) is 2.48. The van der Waals surface area contributed by atoms with Crippen LogP contribution in [0.4, 0.5) is 4.39 Å². The molecular weight excluding hydrogens is 401 g/mol. The van der Waals surface area contributed by atoms with Crippen molar-refractivity contribution in [2.45, 2.75) is 30.3 Å². The van der Waals surface area contributed by atoms with E-state index in [1.54, 1.807) is 6.07 Å². The molecule has 9 heteroatoms. The summed E-state index contributed by atoms with van der Waals surface area (Å²) in [6.45, 7) is -0.225. The van der Waals surface area contributed by atoms with E-state index >= 15 is 0 Å². The fourth-order valence-electron chi connectivity index (χ4n) is 4.07. The van der Waals surface area contributed by atoms with Gasteiger partial charge in [0.25, 0.3) is 11.8 Å². The molecule has 2 bridgehead atoms. The van der Waals surface area contributed by atoms with Crippen LogP contribution in [0, 0.1) is 5.82 Å². The molecule has 5 rings (SSSR count). The van der Waals surface area contributed by atoms with E-state index < -0.39 is 5.82 Å². The van der Waals surface area contributed by atoms with Gasteiger partial charge in [-0.05, 0) is 37.5 Å². The number of pyridine rings is 1. The van der Waals surface area contributed by atoms with E-state index in [1.165, 1.54) is 31.6 Å². The molecule has 3 saturated carbocycles. The van der Waals surface area contributed by atoms with Gasteiger partial charge in [0.1, 0.15) is 17.3 Å².